The molecule has 0 spiro atoms. The Morgan fingerprint density at radius 1 is 0.851 bits per heavy atom. The van der Waals surface area contributed by atoms with Crippen molar-refractivity contribution in [2.75, 3.05) is 48.6 Å². The van der Waals surface area contributed by atoms with Crippen LogP contribution in [0.2, 0.25) is 5.02 Å². The van der Waals surface area contributed by atoms with E-state index in [4.69, 9.17) is 22.3 Å². The molecule has 1 fully saturated rings. The molecule has 3 N–H and O–H groups in total. The maximum absolute atomic E-state index is 13.0. The van der Waals surface area contributed by atoms with Crippen LogP contribution in [0.4, 0.5) is 17.2 Å². The Morgan fingerprint density at radius 2 is 1.55 bits per heavy atom. The Balaban J connectivity index is 1.11. The summed E-state index contributed by atoms with van der Waals surface area (Å²) < 4.78 is 31.3. The lowest BCUT2D eigenvalue weighted by molar-refractivity contribution is -0.923. The normalized spacial score (nSPS) is 14.7. The molecule has 0 amide bonds. The summed E-state index contributed by atoms with van der Waals surface area (Å²) in [5, 5.41) is 4.75. The van der Waals surface area contributed by atoms with Crippen molar-refractivity contribution in [3.8, 4) is 22.3 Å². The fourth-order valence-electron chi connectivity index (χ4n) is 6.26. The SMILES string of the molecule is C[N+]1(Cc2ccccc2)CCN(c2cccc(-c3cnn4c(N)c(-c5cccc(NS(=O)(=O)c6ccccc6Cl)c5)cnc34)c2)CC1. The van der Waals surface area contributed by atoms with Gasteiger partial charge in [-0.25, -0.2) is 13.4 Å². The van der Waals surface area contributed by atoms with E-state index in [0.717, 1.165) is 48.3 Å². The van der Waals surface area contributed by atoms with Gasteiger partial charge in [-0.3, -0.25) is 4.72 Å². The average Bonchev–Trinajstić information content (AvgIpc) is 3.51. The van der Waals surface area contributed by atoms with Gasteiger partial charge in [0.05, 0.1) is 44.4 Å². The molecule has 0 aliphatic carbocycles. The van der Waals surface area contributed by atoms with Gasteiger partial charge in [0.15, 0.2) is 5.65 Å². The van der Waals surface area contributed by atoms with Crippen LogP contribution in [0.15, 0.2) is 120 Å². The molecule has 2 aromatic heterocycles. The molecule has 9 nitrogen and oxygen atoms in total. The predicted molar refractivity (Wildman–Crippen MR) is 189 cm³/mol. The highest BCUT2D eigenvalue weighted by Crippen LogP contribution is 2.33. The molecule has 4 aromatic carbocycles. The molecule has 0 saturated carbocycles. The zero-order chi connectivity index (χ0) is 32.6. The second-order valence-corrected chi connectivity index (χ2v) is 14.3. The van der Waals surface area contributed by atoms with Gasteiger partial charge in [0.1, 0.15) is 17.3 Å². The van der Waals surface area contributed by atoms with Gasteiger partial charge in [0, 0.05) is 34.3 Å². The number of nitrogens with one attached hydrogen (secondary N) is 1. The van der Waals surface area contributed by atoms with E-state index in [1.54, 1.807) is 47.2 Å². The first-order valence-corrected chi connectivity index (χ1v) is 17.3. The van der Waals surface area contributed by atoms with Crippen LogP contribution in [0.3, 0.4) is 0 Å². The second kappa shape index (κ2) is 12.4. The number of aromatic nitrogens is 3. The number of hydrogen-bond donors (Lipinski definition) is 2. The summed E-state index contributed by atoms with van der Waals surface area (Å²) in [5.74, 6) is 0.398. The van der Waals surface area contributed by atoms with Gasteiger partial charge < -0.3 is 15.1 Å². The lowest BCUT2D eigenvalue weighted by atomic mass is 10.1. The highest BCUT2D eigenvalue weighted by molar-refractivity contribution is 7.92. The number of quaternary nitrogens is 1. The summed E-state index contributed by atoms with van der Waals surface area (Å²) in [4.78, 5) is 7.22. The zero-order valence-electron chi connectivity index (χ0n) is 25.9. The fourth-order valence-corrected chi connectivity index (χ4v) is 7.83. The largest absolute Gasteiger partial charge is 0.383 e. The van der Waals surface area contributed by atoms with Gasteiger partial charge in [0.2, 0.25) is 0 Å². The maximum atomic E-state index is 13.0. The van der Waals surface area contributed by atoms with Crippen LogP contribution in [-0.4, -0.2) is 60.7 Å². The molecule has 1 saturated heterocycles. The first-order chi connectivity index (χ1) is 22.7. The van der Waals surface area contributed by atoms with E-state index in [9.17, 15) is 8.42 Å². The molecule has 0 radical (unpaired) electrons. The Labute approximate surface area is 279 Å². The Bertz CT molecular complexity index is 2180. The number of hydrogen-bond acceptors (Lipinski definition) is 6. The van der Waals surface area contributed by atoms with E-state index in [-0.39, 0.29) is 9.92 Å². The van der Waals surface area contributed by atoms with Crippen LogP contribution in [0.5, 0.6) is 0 Å². The van der Waals surface area contributed by atoms with Crippen molar-refractivity contribution in [2.24, 2.45) is 0 Å². The predicted octanol–water partition coefficient (Wildman–Crippen LogP) is 6.57. The number of nitrogen functional groups attached to an aromatic ring is 1. The molecule has 0 bridgehead atoms. The van der Waals surface area contributed by atoms with E-state index in [0.29, 0.717) is 28.3 Å². The number of fused-ring (bicyclic) bond motifs is 1. The molecule has 238 valence electrons. The number of piperazine rings is 1. The number of nitrogens with two attached hydrogens (primary N) is 1. The zero-order valence-corrected chi connectivity index (χ0v) is 27.5. The third-order valence-corrected chi connectivity index (χ3v) is 10.7. The lowest BCUT2D eigenvalue weighted by Gasteiger charge is -2.43. The Kier molecular flexibility index (Phi) is 8.09. The smallest absolute Gasteiger partial charge is 0.263 e. The summed E-state index contributed by atoms with van der Waals surface area (Å²) in [6.07, 6.45) is 3.50. The van der Waals surface area contributed by atoms with Crippen LogP contribution < -0.4 is 15.4 Å². The van der Waals surface area contributed by atoms with E-state index in [1.165, 1.54) is 23.4 Å². The van der Waals surface area contributed by atoms with Gasteiger partial charge in [-0.1, -0.05) is 78.3 Å². The number of anilines is 3. The number of halogens is 1. The minimum Gasteiger partial charge on any atom is -0.383 e. The minimum absolute atomic E-state index is 0.00352. The maximum Gasteiger partial charge on any atom is 0.263 e. The van der Waals surface area contributed by atoms with Crippen molar-refractivity contribution in [3.63, 3.8) is 0 Å². The van der Waals surface area contributed by atoms with Crippen molar-refractivity contribution < 1.29 is 12.9 Å². The van der Waals surface area contributed by atoms with Crippen LogP contribution in [0, 0.1) is 0 Å². The van der Waals surface area contributed by atoms with Crippen molar-refractivity contribution in [1.82, 2.24) is 14.6 Å². The highest BCUT2D eigenvalue weighted by atomic mass is 35.5. The average molecular weight is 665 g/mol. The Hall–Kier alpha value is -4.90. The van der Waals surface area contributed by atoms with Gasteiger partial charge in [0.25, 0.3) is 10.0 Å². The molecular weight excluding hydrogens is 630 g/mol. The standard InChI is InChI=1S/C36H35ClN7O2S/c1-44(25-26-9-3-2-4-10-26)19-17-42(18-20-44)30-14-8-12-28(22-30)32-24-40-43-35(38)31(23-39-36(32)43)27-11-7-13-29(21-27)41-47(45,46)34-16-6-5-15-33(34)37/h2-16,21-24,41H,17-20,25,38H2,1H3/q+1. The van der Waals surface area contributed by atoms with Crippen LogP contribution in [0.1, 0.15) is 5.56 Å². The highest BCUT2D eigenvalue weighted by Gasteiger charge is 2.29. The minimum atomic E-state index is -3.90. The van der Waals surface area contributed by atoms with Gasteiger partial charge >= 0.3 is 0 Å². The summed E-state index contributed by atoms with van der Waals surface area (Å²) in [7, 11) is -1.55. The van der Waals surface area contributed by atoms with Crippen LogP contribution in [-0.2, 0) is 16.6 Å². The molecule has 0 atom stereocenters. The molecule has 47 heavy (non-hydrogen) atoms. The molecule has 3 heterocycles. The molecule has 1 aliphatic rings. The summed E-state index contributed by atoms with van der Waals surface area (Å²) in [6.45, 7) is 5.13. The number of rotatable bonds is 8. The number of benzene rings is 4. The molecule has 7 rings (SSSR count). The first kappa shape index (κ1) is 30.7. The van der Waals surface area contributed by atoms with E-state index >= 15 is 0 Å². The van der Waals surface area contributed by atoms with Crippen molar-refractivity contribution in [1.29, 1.82) is 0 Å². The van der Waals surface area contributed by atoms with Gasteiger partial charge in [-0.15, -0.1) is 0 Å². The molecule has 0 unspecified atom stereocenters. The first-order valence-electron chi connectivity index (χ1n) is 15.4. The fraction of sp³-hybridized carbons (Fsp3) is 0.167. The summed E-state index contributed by atoms with van der Waals surface area (Å²) in [5.41, 5.74) is 13.4. The van der Waals surface area contributed by atoms with E-state index in [1.807, 2.05) is 6.07 Å². The second-order valence-electron chi connectivity index (χ2n) is 12.2. The van der Waals surface area contributed by atoms with Crippen molar-refractivity contribution in [3.05, 3.63) is 126 Å². The monoisotopic (exact) mass is 664 g/mol. The van der Waals surface area contributed by atoms with Crippen molar-refractivity contribution >= 4 is 44.5 Å². The molecule has 11 heteroatoms. The third-order valence-electron chi connectivity index (χ3n) is 8.86. The van der Waals surface area contributed by atoms with E-state index in [2.05, 4.69) is 76.4 Å². The van der Waals surface area contributed by atoms with Crippen LogP contribution >= 0.6 is 11.6 Å². The summed E-state index contributed by atoms with van der Waals surface area (Å²) in [6, 6.07) is 32.5. The molecular formula is C36H35ClN7O2S+. The summed E-state index contributed by atoms with van der Waals surface area (Å²) >= 11 is 6.15. The number of sulfonamides is 1. The quantitative estimate of drug-likeness (QED) is 0.179. The van der Waals surface area contributed by atoms with Crippen molar-refractivity contribution in [2.45, 2.75) is 11.4 Å². The molecule has 6 aromatic rings. The third kappa shape index (κ3) is 6.27. The Morgan fingerprint density at radius 3 is 2.32 bits per heavy atom. The number of nitrogens with zero attached hydrogens (tertiary/aromatic N) is 5. The number of likely N-dealkylation sites (N-methyl/N-ethyl adjacent to an activating group) is 1. The van der Waals surface area contributed by atoms with Crippen LogP contribution in [0.25, 0.3) is 27.9 Å². The van der Waals surface area contributed by atoms with Gasteiger partial charge in [-0.05, 0) is 47.5 Å². The topological polar surface area (TPSA) is 106 Å². The van der Waals surface area contributed by atoms with E-state index < -0.39 is 10.0 Å². The van der Waals surface area contributed by atoms with Gasteiger partial charge in [-0.2, -0.15) is 9.61 Å². The molecule has 1 aliphatic heterocycles. The lowest BCUT2D eigenvalue weighted by Crippen LogP contribution is -2.56.